The zero-order chi connectivity index (χ0) is 27.2. The summed E-state index contributed by atoms with van der Waals surface area (Å²) < 4.78 is 41.3. The lowest BCUT2D eigenvalue weighted by molar-refractivity contribution is 0.0528. The number of carbonyl (C=O) groups excluding carboxylic acids is 1. The number of alkyl carbamates (subject to hydrolysis) is 1. The Morgan fingerprint density at radius 3 is 2.55 bits per heavy atom. The molecule has 2 heterocycles. The molecule has 38 heavy (non-hydrogen) atoms. The van der Waals surface area contributed by atoms with Gasteiger partial charge in [-0.2, -0.15) is 0 Å². The number of pyridine rings is 1. The highest BCUT2D eigenvalue weighted by molar-refractivity contribution is 5.90. The molecule has 2 aromatic carbocycles. The van der Waals surface area contributed by atoms with E-state index >= 15 is 0 Å². The molecule has 2 aromatic heterocycles. The highest BCUT2D eigenvalue weighted by Gasteiger charge is 2.28. The Labute approximate surface area is 217 Å². The third-order valence-electron chi connectivity index (χ3n) is 6.71. The minimum atomic E-state index is -1.15. The topological polar surface area (TPSA) is 90.5 Å². The number of halogens is 2. The van der Waals surface area contributed by atoms with Crippen molar-refractivity contribution in [2.45, 2.75) is 58.0 Å². The van der Waals surface area contributed by atoms with Crippen LogP contribution in [0.3, 0.4) is 0 Å². The second-order valence-electron chi connectivity index (χ2n) is 10.6. The van der Waals surface area contributed by atoms with Gasteiger partial charge in [-0.1, -0.05) is 18.6 Å². The van der Waals surface area contributed by atoms with Crippen LogP contribution in [0, 0.1) is 11.6 Å². The van der Waals surface area contributed by atoms with E-state index < -0.39 is 34.3 Å². The van der Waals surface area contributed by atoms with Crippen molar-refractivity contribution >= 4 is 28.0 Å². The van der Waals surface area contributed by atoms with Crippen LogP contribution in [-0.2, 0) is 11.2 Å². The summed E-state index contributed by atoms with van der Waals surface area (Å²) in [6.07, 6.45) is 2.40. The molecule has 4 aromatic rings. The maximum absolute atomic E-state index is 14.8. The van der Waals surface area contributed by atoms with Crippen LogP contribution in [0.25, 0.3) is 27.6 Å². The van der Waals surface area contributed by atoms with Gasteiger partial charge in [0.25, 0.3) is 5.56 Å². The Morgan fingerprint density at radius 1 is 1.11 bits per heavy atom. The molecule has 1 saturated carbocycles. The Hall–Kier alpha value is -4.01. The molecule has 5 rings (SSSR count). The first-order chi connectivity index (χ1) is 18.0. The quantitative estimate of drug-likeness (QED) is 0.339. The maximum atomic E-state index is 14.8. The molecule has 0 aliphatic heterocycles. The van der Waals surface area contributed by atoms with E-state index in [0.717, 1.165) is 35.5 Å². The number of aromatic nitrogens is 1. The first kappa shape index (κ1) is 25.6. The molecule has 1 fully saturated rings. The smallest absolute Gasteiger partial charge is 0.407 e. The van der Waals surface area contributed by atoms with Crippen molar-refractivity contribution in [3.05, 3.63) is 85.9 Å². The normalized spacial score (nSPS) is 14.0. The summed E-state index contributed by atoms with van der Waals surface area (Å²) in [5, 5.41) is 2.63. The molecule has 0 spiro atoms. The van der Waals surface area contributed by atoms with Crippen LogP contribution in [0.5, 0.6) is 0 Å². The zero-order valence-corrected chi connectivity index (χ0v) is 21.4. The lowest BCUT2D eigenvalue weighted by Crippen LogP contribution is -2.33. The fourth-order valence-corrected chi connectivity index (χ4v) is 4.69. The highest BCUT2D eigenvalue weighted by Crippen LogP contribution is 2.38. The summed E-state index contributed by atoms with van der Waals surface area (Å²) >= 11 is 0. The molecule has 0 radical (unpaired) electrons. The van der Waals surface area contributed by atoms with Crippen molar-refractivity contribution in [2.75, 3.05) is 6.54 Å². The fourth-order valence-electron chi connectivity index (χ4n) is 4.69. The highest BCUT2D eigenvalue weighted by atomic mass is 19.2. The number of nitrogens with one attached hydrogen (secondary N) is 1. The number of hydrogen-bond donors (Lipinski definition) is 1. The monoisotopic (exact) mass is 522 g/mol. The molecule has 0 bridgehead atoms. The lowest BCUT2D eigenvalue weighted by Gasteiger charge is -2.28. The van der Waals surface area contributed by atoms with Gasteiger partial charge in [-0.15, -0.1) is 0 Å². The van der Waals surface area contributed by atoms with Crippen molar-refractivity contribution in [2.24, 2.45) is 0 Å². The van der Waals surface area contributed by atoms with Gasteiger partial charge in [0.2, 0.25) is 5.43 Å². The predicted molar refractivity (Wildman–Crippen MR) is 140 cm³/mol. The molecular formula is C29H28F2N2O5. The van der Waals surface area contributed by atoms with Crippen molar-refractivity contribution in [3.8, 4) is 5.69 Å². The average molecular weight is 523 g/mol. The number of hydrogen-bond acceptors (Lipinski definition) is 5. The average Bonchev–Trinajstić information content (AvgIpc) is 2.79. The summed E-state index contributed by atoms with van der Waals surface area (Å²) in [5.74, 6) is -2.26. The fraction of sp³-hybridized carbons (Fsp3) is 0.345. The molecule has 198 valence electrons. The first-order valence-corrected chi connectivity index (χ1v) is 12.6. The van der Waals surface area contributed by atoms with Gasteiger partial charge in [-0.3, -0.25) is 14.2 Å². The summed E-state index contributed by atoms with van der Waals surface area (Å²) in [7, 11) is 0. The molecule has 1 amide bonds. The largest absolute Gasteiger partial charge is 0.456 e. The van der Waals surface area contributed by atoms with Gasteiger partial charge in [-0.25, -0.2) is 13.6 Å². The molecule has 7 nitrogen and oxygen atoms in total. The van der Waals surface area contributed by atoms with Crippen molar-refractivity contribution in [1.82, 2.24) is 9.88 Å². The Balaban J connectivity index is 1.58. The molecule has 0 unspecified atom stereocenters. The van der Waals surface area contributed by atoms with Gasteiger partial charge in [0.05, 0.1) is 11.1 Å². The Morgan fingerprint density at radius 2 is 1.87 bits per heavy atom. The van der Waals surface area contributed by atoms with Crippen LogP contribution in [0.2, 0.25) is 0 Å². The van der Waals surface area contributed by atoms with Gasteiger partial charge in [0.1, 0.15) is 22.2 Å². The number of ether oxygens (including phenoxy) is 1. The molecule has 1 aliphatic carbocycles. The van der Waals surface area contributed by atoms with E-state index in [-0.39, 0.29) is 34.5 Å². The van der Waals surface area contributed by atoms with Gasteiger partial charge in [-0.05, 0) is 75.8 Å². The molecule has 0 atom stereocenters. The standard InChI is InChI=1S/C29H28F2N2O5/c1-29(2,3)38-28(36)32-13-12-16-10-11-22-18(14-16)26(34)24-23(37-22)15-21(17-6-4-7-17)33(27(24)35)20-9-5-8-19(30)25(20)31/h5,8-11,14-15,17H,4,6-7,12-13H2,1-3H3,(H,32,36). The van der Waals surface area contributed by atoms with Crippen LogP contribution in [0.1, 0.15) is 57.2 Å². The van der Waals surface area contributed by atoms with E-state index in [1.54, 1.807) is 45.0 Å². The predicted octanol–water partition coefficient (Wildman–Crippen LogP) is 5.71. The molecule has 0 saturated heterocycles. The molecule has 1 N–H and O–H groups in total. The number of nitrogens with zero attached hydrogens (tertiary/aromatic N) is 1. The Kier molecular flexibility index (Phi) is 6.54. The molecule has 1 aliphatic rings. The van der Waals surface area contributed by atoms with E-state index in [4.69, 9.17) is 9.15 Å². The minimum absolute atomic E-state index is 0.0318. The lowest BCUT2D eigenvalue weighted by atomic mass is 9.82. The van der Waals surface area contributed by atoms with Crippen molar-refractivity contribution in [3.63, 3.8) is 0 Å². The zero-order valence-electron chi connectivity index (χ0n) is 21.4. The van der Waals surface area contributed by atoms with E-state index in [0.29, 0.717) is 17.7 Å². The Bertz CT molecular complexity index is 1680. The second-order valence-corrected chi connectivity index (χ2v) is 10.6. The SMILES string of the molecule is CC(C)(C)OC(=O)NCCc1ccc2oc3cc(C4CCC4)n(-c4cccc(F)c4F)c(=O)c3c(=O)c2c1. The second kappa shape index (κ2) is 9.70. The maximum Gasteiger partial charge on any atom is 0.407 e. The summed E-state index contributed by atoms with van der Waals surface area (Å²) in [6.45, 7) is 5.58. The number of amides is 1. The van der Waals surface area contributed by atoms with E-state index in [2.05, 4.69) is 5.32 Å². The van der Waals surface area contributed by atoms with E-state index in [1.807, 2.05) is 0 Å². The van der Waals surface area contributed by atoms with Crippen LogP contribution in [0.15, 0.2) is 56.5 Å². The minimum Gasteiger partial charge on any atom is -0.456 e. The van der Waals surface area contributed by atoms with Crippen LogP contribution < -0.4 is 16.3 Å². The summed E-state index contributed by atoms with van der Waals surface area (Å²) in [6, 6.07) is 10.3. The van der Waals surface area contributed by atoms with Crippen LogP contribution in [-0.4, -0.2) is 22.8 Å². The van der Waals surface area contributed by atoms with Crippen LogP contribution >= 0.6 is 0 Å². The third-order valence-corrected chi connectivity index (χ3v) is 6.71. The summed E-state index contributed by atoms with van der Waals surface area (Å²) in [4.78, 5) is 39.2. The van der Waals surface area contributed by atoms with E-state index in [1.165, 1.54) is 12.1 Å². The van der Waals surface area contributed by atoms with Gasteiger partial charge >= 0.3 is 6.09 Å². The van der Waals surface area contributed by atoms with Gasteiger partial charge in [0, 0.05) is 18.3 Å². The first-order valence-electron chi connectivity index (χ1n) is 12.6. The number of rotatable bonds is 5. The third kappa shape index (κ3) is 4.80. The summed E-state index contributed by atoms with van der Waals surface area (Å²) in [5.41, 5.74) is -0.511. The van der Waals surface area contributed by atoms with Gasteiger partial charge in [0.15, 0.2) is 11.6 Å². The number of benzene rings is 2. The molecular weight excluding hydrogens is 494 g/mol. The number of carbonyl (C=O) groups is 1. The number of fused-ring (bicyclic) bond motifs is 2. The molecule has 9 heteroatoms. The van der Waals surface area contributed by atoms with E-state index in [9.17, 15) is 23.2 Å². The van der Waals surface area contributed by atoms with Crippen molar-refractivity contribution < 1.29 is 22.7 Å². The van der Waals surface area contributed by atoms with Gasteiger partial charge < -0.3 is 14.5 Å². The van der Waals surface area contributed by atoms with Crippen molar-refractivity contribution in [1.29, 1.82) is 0 Å². The van der Waals surface area contributed by atoms with Crippen LogP contribution in [0.4, 0.5) is 13.6 Å².